The van der Waals surface area contributed by atoms with Crippen LogP contribution in [0, 0.1) is 6.92 Å². The summed E-state index contributed by atoms with van der Waals surface area (Å²) in [5.74, 6) is 0. The highest BCUT2D eigenvalue weighted by molar-refractivity contribution is 5.20. The van der Waals surface area contributed by atoms with Gasteiger partial charge in [0, 0.05) is 11.4 Å². The molecule has 0 amide bonds. The van der Waals surface area contributed by atoms with Gasteiger partial charge in [0.15, 0.2) is 0 Å². The number of nitrogens with zero attached hydrogens (tertiary/aromatic N) is 1. The lowest BCUT2D eigenvalue weighted by Crippen LogP contribution is -1.98. The fourth-order valence-corrected chi connectivity index (χ4v) is 8.55. The minimum atomic E-state index is 1.17. The van der Waals surface area contributed by atoms with Crippen LogP contribution in [-0.2, 0) is 12.8 Å². The zero-order valence-electron chi connectivity index (χ0n) is 37.2. The largest absolute Gasteiger partial charge is 0.258 e. The van der Waals surface area contributed by atoms with E-state index in [4.69, 9.17) is 4.98 Å². The molecule has 1 rings (SSSR count). The highest BCUT2D eigenvalue weighted by Gasteiger charge is 2.03. The maximum atomic E-state index is 5.08. The summed E-state index contributed by atoms with van der Waals surface area (Å²) >= 11 is 0. The fourth-order valence-electron chi connectivity index (χ4n) is 8.55. The monoisotopic (exact) mass is 738 g/mol. The summed E-state index contributed by atoms with van der Waals surface area (Å²) in [7, 11) is 0. The van der Waals surface area contributed by atoms with Crippen LogP contribution in [-0.4, -0.2) is 4.98 Å². The summed E-state index contributed by atoms with van der Waals surface area (Å²) in [6, 6.07) is 4.69. The molecule has 1 nitrogen and oxygen atoms in total. The Labute approximate surface area is 336 Å². The molecule has 0 unspecified atom stereocenters. The van der Waals surface area contributed by atoms with E-state index in [-0.39, 0.29) is 0 Å². The molecule has 0 saturated carbocycles. The minimum absolute atomic E-state index is 1.17. The van der Waals surface area contributed by atoms with E-state index in [1.165, 1.54) is 299 Å². The maximum absolute atomic E-state index is 5.08. The number of unbranched alkanes of at least 4 members (excludes halogenated alkanes) is 40. The van der Waals surface area contributed by atoms with Gasteiger partial charge in [0.25, 0.3) is 0 Å². The SMILES string of the molecule is CCCCCCCCCCCCCCCCCCCCCCCc1cc(C)cc(CCCCCCCCCCCCCCCCCCCCCCC)n1. The number of hydrogen-bond acceptors (Lipinski definition) is 1. The molecule has 0 aliphatic rings. The van der Waals surface area contributed by atoms with E-state index in [0.717, 1.165) is 0 Å². The summed E-state index contributed by atoms with van der Waals surface area (Å²) in [4.78, 5) is 5.08. The Bertz CT molecular complexity index is 764. The van der Waals surface area contributed by atoms with Gasteiger partial charge in [-0.15, -0.1) is 0 Å². The summed E-state index contributed by atoms with van der Waals surface area (Å²) in [6.45, 7) is 6.89. The van der Waals surface area contributed by atoms with E-state index >= 15 is 0 Å². The minimum Gasteiger partial charge on any atom is -0.258 e. The summed E-state index contributed by atoms with van der Waals surface area (Å²) in [5, 5.41) is 0. The number of rotatable bonds is 44. The van der Waals surface area contributed by atoms with Crippen molar-refractivity contribution in [2.75, 3.05) is 0 Å². The van der Waals surface area contributed by atoms with Crippen LogP contribution < -0.4 is 0 Å². The van der Waals surface area contributed by atoms with Crippen molar-refractivity contribution in [3.63, 3.8) is 0 Å². The molecular weight excluding hydrogens is 639 g/mol. The average Bonchev–Trinajstić information content (AvgIpc) is 3.16. The van der Waals surface area contributed by atoms with E-state index in [0.29, 0.717) is 0 Å². The van der Waals surface area contributed by atoms with E-state index in [2.05, 4.69) is 32.9 Å². The normalized spacial score (nSPS) is 11.6. The Morgan fingerprint density at radius 3 is 0.623 bits per heavy atom. The van der Waals surface area contributed by atoms with Gasteiger partial charge in [0.2, 0.25) is 0 Å². The van der Waals surface area contributed by atoms with Crippen LogP contribution in [0.4, 0.5) is 0 Å². The number of aryl methyl sites for hydroxylation is 3. The summed E-state index contributed by atoms with van der Waals surface area (Å²) in [6.07, 6.45) is 63.2. The molecule has 0 saturated heterocycles. The van der Waals surface area contributed by atoms with Crippen molar-refractivity contribution in [1.29, 1.82) is 0 Å². The molecule has 0 N–H and O–H groups in total. The molecule has 0 fully saturated rings. The van der Waals surface area contributed by atoms with E-state index in [9.17, 15) is 0 Å². The Morgan fingerprint density at radius 2 is 0.434 bits per heavy atom. The van der Waals surface area contributed by atoms with Gasteiger partial charge in [-0.2, -0.15) is 0 Å². The molecular formula is C52H99N. The van der Waals surface area contributed by atoms with Crippen molar-refractivity contribution in [3.05, 3.63) is 29.1 Å². The second kappa shape index (κ2) is 42.3. The van der Waals surface area contributed by atoms with Crippen molar-refractivity contribution in [2.45, 2.75) is 303 Å². The molecule has 312 valence electrons. The van der Waals surface area contributed by atoms with E-state index < -0.39 is 0 Å². The van der Waals surface area contributed by atoms with Crippen LogP contribution in [0.1, 0.15) is 300 Å². The third kappa shape index (κ3) is 37.8. The average molecular weight is 738 g/mol. The number of pyridine rings is 1. The molecule has 1 aromatic rings. The molecule has 0 aliphatic carbocycles. The lowest BCUT2D eigenvalue weighted by atomic mass is 10.0. The molecule has 1 heteroatoms. The zero-order valence-corrected chi connectivity index (χ0v) is 37.2. The molecule has 0 bridgehead atoms. The van der Waals surface area contributed by atoms with Crippen LogP contribution in [0.3, 0.4) is 0 Å². The number of hydrogen-bond donors (Lipinski definition) is 0. The first-order valence-electron chi connectivity index (χ1n) is 25.2. The van der Waals surface area contributed by atoms with E-state index in [1.54, 1.807) is 0 Å². The van der Waals surface area contributed by atoms with Gasteiger partial charge in [-0.3, -0.25) is 4.98 Å². The van der Waals surface area contributed by atoms with Crippen LogP contribution in [0.5, 0.6) is 0 Å². The highest BCUT2D eigenvalue weighted by Crippen LogP contribution is 2.18. The number of aromatic nitrogens is 1. The lowest BCUT2D eigenvalue weighted by molar-refractivity contribution is 0.520. The zero-order chi connectivity index (χ0) is 38.0. The molecule has 1 aromatic heterocycles. The molecule has 0 radical (unpaired) electrons. The summed E-state index contributed by atoms with van der Waals surface area (Å²) in [5.41, 5.74) is 4.11. The van der Waals surface area contributed by atoms with Gasteiger partial charge < -0.3 is 0 Å². The van der Waals surface area contributed by atoms with Crippen LogP contribution in [0.15, 0.2) is 12.1 Å². The van der Waals surface area contributed by atoms with Crippen molar-refractivity contribution in [2.24, 2.45) is 0 Å². The third-order valence-electron chi connectivity index (χ3n) is 12.1. The van der Waals surface area contributed by atoms with Gasteiger partial charge in [0.1, 0.15) is 0 Å². The van der Waals surface area contributed by atoms with Crippen LogP contribution >= 0.6 is 0 Å². The van der Waals surface area contributed by atoms with Gasteiger partial charge in [-0.05, 0) is 50.3 Å². The van der Waals surface area contributed by atoms with Crippen LogP contribution in [0.2, 0.25) is 0 Å². The highest BCUT2D eigenvalue weighted by atomic mass is 14.7. The Kier molecular flexibility index (Phi) is 40.0. The molecule has 0 aromatic carbocycles. The quantitative estimate of drug-likeness (QED) is 0.0608. The van der Waals surface area contributed by atoms with Crippen LogP contribution in [0.25, 0.3) is 0 Å². The fraction of sp³-hybridized carbons (Fsp3) is 0.904. The van der Waals surface area contributed by atoms with Crippen molar-refractivity contribution in [1.82, 2.24) is 4.98 Å². The topological polar surface area (TPSA) is 12.9 Å². The Hall–Kier alpha value is -0.850. The predicted molar refractivity (Wildman–Crippen MR) is 242 cm³/mol. The molecule has 1 heterocycles. The van der Waals surface area contributed by atoms with Crippen molar-refractivity contribution < 1.29 is 0 Å². The molecule has 53 heavy (non-hydrogen) atoms. The van der Waals surface area contributed by atoms with E-state index in [1.807, 2.05) is 0 Å². The molecule has 0 aliphatic heterocycles. The first kappa shape index (κ1) is 50.2. The van der Waals surface area contributed by atoms with Gasteiger partial charge in [0.05, 0.1) is 0 Å². The molecule has 0 spiro atoms. The van der Waals surface area contributed by atoms with Gasteiger partial charge in [-0.1, -0.05) is 271 Å². The first-order valence-corrected chi connectivity index (χ1v) is 25.2. The Balaban J connectivity index is 1.84. The predicted octanol–water partition coefficient (Wildman–Crippen LogP) is 18.9. The van der Waals surface area contributed by atoms with Gasteiger partial charge >= 0.3 is 0 Å². The second-order valence-corrected chi connectivity index (χ2v) is 17.8. The smallest absolute Gasteiger partial charge is 0.0409 e. The Morgan fingerprint density at radius 1 is 0.264 bits per heavy atom. The lowest BCUT2D eigenvalue weighted by Gasteiger charge is -2.08. The second-order valence-electron chi connectivity index (χ2n) is 17.8. The van der Waals surface area contributed by atoms with Crippen molar-refractivity contribution in [3.8, 4) is 0 Å². The van der Waals surface area contributed by atoms with Gasteiger partial charge in [-0.25, -0.2) is 0 Å². The third-order valence-corrected chi connectivity index (χ3v) is 12.1. The first-order chi connectivity index (χ1) is 26.3. The van der Waals surface area contributed by atoms with Crippen molar-refractivity contribution >= 4 is 0 Å². The summed E-state index contributed by atoms with van der Waals surface area (Å²) < 4.78 is 0. The maximum Gasteiger partial charge on any atom is 0.0409 e. The molecule has 0 atom stereocenters. The standard InChI is InChI=1S/C52H99N/c1-4-6-8-10-12-14-16-18-20-22-24-26-28-30-32-34-36-38-40-42-44-46-51-48-50(3)49-52(53-51)47-45-43-41-39-37-35-33-31-29-27-25-23-21-19-17-15-13-11-9-7-5-2/h48-49H,4-47H2,1-3H3.